The highest BCUT2D eigenvalue weighted by Gasteiger charge is 2.22. The second kappa shape index (κ2) is 4.88. The number of aromatic nitrogens is 3. The van der Waals surface area contributed by atoms with Gasteiger partial charge in [0.1, 0.15) is 11.3 Å². The maximum Gasteiger partial charge on any atom is 0.160 e. The van der Waals surface area contributed by atoms with Crippen LogP contribution >= 0.6 is 11.6 Å². The number of imidazole rings is 1. The Balaban J connectivity index is 2.14. The van der Waals surface area contributed by atoms with Crippen LogP contribution in [0.2, 0.25) is 0 Å². The number of rotatable bonds is 3. The Bertz CT molecular complexity index is 555. The lowest BCUT2D eigenvalue weighted by Crippen LogP contribution is -2.10. The Morgan fingerprint density at radius 3 is 2.89 bits per heavy atom. The van der Waals surface area contributed by atoms with Crippen molar-refractivity contribution in [3.63, 3.8) is 0 Å². The molecular weight excluding hydrogens is 246 g/mol. The highest BCUT2D eigenvalue weighted by atomic mass is 35.5. The summed E-state index contributed by atoms with van der Waals surface area (Å²) in [5.41, 5.74) is 3.21. The van der Waals surface area contributed by atoms with Crippen molar-refractivity contribution in [3.05, 3.63) is 23.7 Å². The summed E-state index contributed by atoms with van der Waals surface area (Å²) >= 11 is 5.90. The zero-order valence-corrected chi connectivity index (χ0v) is 11.5. The van der Waals surface area contributed by atoms with Crippen LogP contribution in [0.4, 0.5) is 0 Å². The van der Waals surface area contributed by atoms with Gasteiger partial charge in [0.25, 0.3) is 0 Å². The summed E-state index contributed by atoms with van der Waals surface area (Å²) in [6, 6.07) is 2.69. The lowest BCUT2D eigenvalue weighted by Gasteiger charge is -2.15. The summed E-state index contributed by atoms with van der Waals surface area (Å²) < 4.78 is 2.34. The minimum Gasteiger partial charge on any atom is -0.310 e. The number of fused-ring (bicyclic) bond motifs is 1. The third kappa shape index (κ3) is 2.01. The van der Waals surface area contributed by atoms with Gasteiger partial charge in [-0.15, -0.1) is 11.6 Å². The van der Waals surface area contributed by atoms with Crippen LogP contribution in [0.25, 0.3) is 11.2 Å². The molecule has 2 aromatic heterocycles. The zero-order chi connectivity index (χ0) is 12.5. The van der Waals surface area contributed by atoms with Crippen molar-refractivity contribution >= 4 is 22.8 Å². The first-order chi connectivity index (χ1) is 8.79. The molecule has 1 aliphatic rings. The average Bonchev–Trinajstić information content (AvgIpc) is 2.95. The summed E-state index contributed by atoms with van der Waals surface area (Å²) in [7, 11) is 0. The third-order valence-electron chi connectivity index (χ3n) is 3.75. The first kappa shape index (κ1) is 12.0. The zero-order valence-electron chi connectivity index (χ0n) is 10.7. The van der Waals surface area contributed by atoms with E-state index in [0.717, 1.165) is 29.0 Å². The molecule has 0 atom stereocenters. The Kier molecular flexibility index (Phi) is 3.25. The summed E-state index contributed by atoms with van der Waals surface area (Å²) in [5, 5.41) is 0. The van der Waals surface area contributed by atoms with Crippen molar-refractivity contribution in [2.24, 2.45) is 0 Å². The van der Waals surface area contributed by atoms with Gasteiger partial charge in [0.05, 0.1) is 0 Å². The smallest absolute Gasteiger partial charge is 0.160 e. The number of hydrogen-bond acceptors (Lipinski definition) is 2. The van der Waals surface area contributed by atoms with Crippen LogP contribution in [-0.2, 0) is 6.42 Å². The maximum atomic E-state index is 5.90. The van der Waals surface area contributed by atoms with E-state index in [1.165, 1.54) is 25.7 Å². The van der Waals surface area contributed by atoms with Crippen LogP contribution in [0.15, 0.2) is 12.3 Å². The molecule has 96 valence electrons. The average molecular weight is 264 g/mol. The maximum absolute atomic E-state index is 5.90. The Morgan fingerprint density at radius 2 is 2.17 bits per heavy atom. The first-order valence-electron chi connectivity index (χ1n) is 6.69. The predicted molar refractivity (Wildman–Crippen MR) is 74.2 cm³/mol. The van der Waals surface area contributed by atoms with Crippen molar-refractivity contribution in [1.82, 2.24) is 14.5 Å². The van der Waals surface area contributed by atoms with Gasteiger partial charge in [0.15, 0.2) is 5.65 Å². The SMILES string of the molecule is Cc1cnc2c(c1)nc(CCCl)n2C1CCCC1. The quantitative estimate of drug-likeness (QED) is 0.792. The van der Waals surface area contributed by atoms with Crippen molar-refractivity contribution in [2.45, 2.75) is 45.1 Å². The number of nitrogens with zero attached hydrogens (tertiary/aromatic N) is 3. The molecule has 3 rings (SSSR count). The van der Waals surface area contributed by atoms with Crippen LogP contribution in [-0.4, -0.2) is 20.4 Å². The Labute approximate surface area is 112 Å². The number of pyridine rings is 1. The van der Waals surface area contributed by atoms with Gasteiger partial charge < -0.3 is 4.57 Å². The predicted octanol–water partition coefficient (Wildman–Crippen LogP) is 3.64. The Morgan fingerprint density at radius 1 is 1.39 bits per heavy atom. The first-order valence-corrected chi connectivity index (χ1v) is 7.22. The third-order valence-corrected chi connectivity index (χ3v) is 3.94. The molecule has 2 aromatic rings. The summed E-state index contributed by atoms with van der Waals surface area (Å²) in [5.74, 6) is 1.72. The van der Waals surface area contributed by atoms with Gasteiger partial charge in [-0.25, -0.2) is 9.97 Å². The van der Waals surface area contributed by atoms with Gasteiger partial charge in [-0.05, 0) is 31.4 Å². The molecule has 0 aromatic carbocycles. The van der Waals surface area contributed by atoms with Crippen molar-refractivity contribution in [3.8, 4) is 0 Å². The fraction of sp³-hybridized carbons (Fsp3) is 0.571. The van der Waals surface area contributed by atoms with E-state index in [-0.39, 0.29) is 0 Å². The van der Waals surface area contributed by atoms with E-state index in [9.17, 15) is 0 Å². The lowest BCUT2D eigenvalue weighted by atomic mass is 10.2. The molecule has 1 saturated carbocycles. The topological polar surface area (TPSA) is 30.7 Å². The summed E-state index contributed by atoms with van der Waals surface area (Å²) in [4.78, 5) is 9.31. The van der Waals surface area contributed by atoms with E-state index in [0.29, 0.717) is 11.9 Å². The molecule has 0 amide bonds. The normalized spacial score (nSPS) is 16.8. The van der Waals surface area contributed by atoms with Crippen molar-refractivity contribution in [1.29, 1.82) is 0 Å². The van der Waals surface area contributed by atoms with E-state index >= 15 is 0 Å². The molecule has 0 saturated heterocycles. The van der Waals surface area contributed by atoms with E-state index in [2.05, 4.69) is 22.5 Å². The molecule has 1 fully saturated rings. The lowest BCUT2D eigenvalue weighted by molar-refractivity contribution is 0.510. The van der Waals surface area contributed by atoms with E-state index in [1.54, 1.807) is 0 Å². The second-order valence-electron chi connectivity index (χ2n) is 5.13. The fourth-order valence-electron chi connectivity index (χ4n) is 2.94. The molecule has 0 radical (unpaired) electrons. The van der Waals surface area contributed by atoms with Crippen LogP contribution in [0.5, 0.6) is 0 Å². The second-order valence-corrected chi connectivity index (χ2v) is 5.51. The molecule has 0 unspecified atom stereocenters. The molecular formula is C14H18ClN3. The Hall–Kier alpha value is -1.09. The van der Waals surface area contributed by atoms with Crippen LogP contribution < -0.4 is 0 Å². The van der Waals surface area contributed by atoms with Crippen molar-refractivity contribution < 1.29 is 0 Å². The highest BCUT2D eigenvalue weighted by molar-refractivity contribution is 6.17. The van der Waals surface area contributed by atoms with E-state index in [4.69, 9.17) is 16.6 Å². The molecule has 0 aliphatic heterocycles. The largest absolute Gasteiger partial charge is 0.310 e. The van der Waals surface area contributed by atoms with Gasteiger partial charge in [0.2, 0.25) is 0 Å². The number of alkyl halides is 1. The molecule has 3 nitrogen and oxygen atoms in total. The van der Waals surface area contributed by atoms with Gasteiger partial charge in [-0.1, -0.05) is 12.8 Å². The molecule has 0 N–H and O–H groups in total. The molecule has 4 heteroatoms. The monoisotopic (exact) mass is 263 g/mol. The minimum atomic E-state index is 0.573. The van der Waals surface area contributed by atoms with E-state index < -0.39 is 0 Å². The fourth-order valence-corrected chi connectivity index (χ4v) is 3.11. The van der Waals surface area contributed by atoms with E-state index in [1.807, 2.05) is 6.20 Å². The van der Waals surface area contributed by atoms with Gasteiger partial charge in [0, 0.05) is 24.5 Å². The molecule has 2 heterocycles. The molecule has 0 bridgehead atoms. The van der Waals surface area contributed by atoms with Gasteiger partial charge >= 0.3 is 0 Å². The number of halogens is 1. The number of hydrogen-bond donors (Lipinski definition) is 0. The van der Waals surface area contributed by atoms with Crippen LogP contribution in [0.1, 0.15) is 43.1 Å². The summed E-state index contributed by atoms with van der Waals surface area (Å²) in [6.45, 7) is 2.06. The molecule has 1 aliphatic carbocycles. The number of aryl methyl sites for hydroxylation is 2. The van der Waals surface area contributed by atoms with Crippen LogP contribution in [0.3, 0.4) is 0 Å². The van der Waals surface area contributed by atoms with Crippen LogP contribution in [0, 0.1) is 6.92 Å². The molecule has 18 heavy (non-hydrogen) atoms. The van der Waals surface area contributed by atoms with Gasteiger partial charge in [-0.2, -0.15) is 0 Å². The summed E-state index contributed by atoms with van der Waals surface area (Å²) in [6.07, 6.45) is 7.88. The van der Waals surface area contributed by atoms with Crippen molar-refractivity contribution in [2.75, 3.05) is 5.88 Å². The molecule has 0 spiro atoms. The minimum absolute atomic E-state index is 0.573. The van der Waals surface area contributed by atoms with Gasteiger partial charge in [-0.3, -0.25) is 0 Å². The standard InChI is InChI=1S/C14H18ClN3/c1-10-8-12-14(16-9-10)18(11-4-2-3-5-11)13(17-12)6-7-15/h8-9,11H,2-7H2,1H3. The highest BCUT2D eigenvalue weighted by Crippen LogP contribution is 2.33.